The van der Waals surface area contributed by atoms with Gasteiger partial charge in [-0.25, -0.2) is 4.98 Å². The fourth-order valence-electron chi connectivity index (χ4n) is 3.42. The molecule has 3 heterocycles. The van der Waals surface area contributed by atoms with Crippen LogP contribution in [0, 0.1) is 11.8 Å². The molecule has 23 heavy (non-hydrogen) atoms. The minimum atomic E-state index is 0.344. The molecule has 3 rings (SSSR count). The fourth-order valence-corrected chi connectivity index (χ4v) is 3.42. The van der Waals surface area contributed by atoms with Crippen LogP contribution in [0.2, 0.25) is 0 Å². The van der Waals surface area contributed by atoms with Gasteiger partial charge in [-0.15, -0.1) is 0 Å². The lowest BCUT2D eigenvalue weighted by atomic mass is 9.87. The van der Waals surface area contributed by atoms with Gasteiger partial charge in [0.25, 0.3) is 0 Å². The summed E-state index contributed by atoms with van der Waals surface area (Å²) in [6.07, 6.45) is 4.55. The average Bonchev–Trinajstić information content (AvgIpc) is 2.61. The van der Waals surface area contributed by atoms with E-state index in [-0.39, 0.29) is 0 Å². The first-order valence-electron chi connectivity index (χ1n) is 8.75. The fraction of sp³-hybridized carbons (Fsp3) is 0.765. The van der Waals surface area contributed by atoms with Gasteiger partial charge in [0.2, 0.25) is 5.95 Å². The number of nitrogens with one attached hydrogen (secondary N) is 1. The van der Waals surface area contributed by atoms with E-state index in [9.17, 15) is 0 Å². The largest absolute Gasteiger partial charge is 0.378 e. The Hall–Kier alpha value is -1.40. The number of aromatic nitrogens is 2. The van der Waals surface area contributed by atoms with Crippen LogP contribution in [0.1, 0.15) is 26.7 Å². The molecule has 128 valence electrons. The van der Waals surface area contributed by atoms with E-state index in [0.29, 0.717) is 17.9 Å². The number of hydrogen-bond acceptors (Lipinski definition) is 6. The second-order valence-corrected chi connectivity index (χ2v) is 6.70. The van der Waals surface area contributed by atoms with E-state index in [2.05, 4.69) is 34.0 Å². The van der Waals surface area contributed by atoms with Crippen LogP contribution in [-0.4, -0.2) is 55.5 Å². The van der Waals surface area contributed by atoms with Gasteiger partial charge in [0.1, 0.15) is 5.82 Å². The minimum absolute atomic E-state index is 0.344. The lowest BCUT2D eigenvalue weighted by Crippen LogP contribution is -2.38. The molecule has 1 aromatic rings. The third kappa shape index (κ3) is 4.32. The molecule has 6 heteroatoms. The molecule has 6 nitrogen and oxygen atoms in total. The van der Waals surface area contributed by atoms with E-state index in [4.69, 9.17) is 9.47 Å². The maximum atomic E-state index is 5.96. The Balaban J connectivity index is 1.59. The molecule has 2 atom stereocenters. The molecule has 2 fully saturated rings. The second-order valence-electron chi connectivity index (χ2n) is 6.70. The molecule has 0 radical (unpaired) electrons. The lowest BCUT2D eigenvalue weighted by Gasteiger charge is -2.34. The van der Waals surface area contributed by atoms with E-state index in [1.807, 2.05) is 12.3 Å². The molecule has 0 bridgehead atoms. The summed E-state index contributed by atoms with van der Waals surface area (Å²) >= 11 is 0. The minimum Gasteiger partial charge on any atom is -0.378 e. The Morgan fingerprint density at radius 2 is 2.13 bits per heavy atom. The monoisotopic (exact) mass is 320 g/mol. The second kappa shape index (κ2) is 7.93. The molecule has 1 aromatic heterocycles. The van der Waals surface area contributed by atoms with Gasteiger partial charge in [0.15, 0.2) is 0 Å². The van der Waals surface area contributed by atoms with E-state index >= 15 is 0 Å². The van der Waals surface area contributed by atoms with E-state index in [0.717, 1.165) is 57.6 Å². The molecule has 0 aromatic carbocycles. The predicted octanol–water partition coefficient (Wildman–Crippen LogP) is 2.18. The van der Waals surface area contributed by atoms with Gasteiger partial charge in [0.05, 0.1) is 19.3 Å². The molecule has 2 aliphatic rings. The summed E-state index contributed by atoms with van der Waals surface area (Å²) in [7, 11) is 0. The van der Waals surface area contributed by atoms with E-state index in [1.165, 1.54) is 6.42 Å². The van der Waals surface area contributed by atoms with Crippen molar-refractivity contribution in [2.24, 2.45) is 11.8 Å². The SMILES string of the molecule is CC(C)[C@@H]1OCCC[C@@H]1CNc1ccnc(N2CCOCC2)n1. The summed E-state index contributed by atoms with van der Waals surface area (Å²) in [5.74, 6) is 2.79. The maximum absolute atomic E-state index is 5.96. The zero-order chi connectivity index (χ0) is 16.1. The lowest BCUT2D eigenvalue weighted by molar-refractivity contribution is -0.0481. The number of morpholine rings is 1. The third-order valence-corrected chi connectivity index (χ3v) is 4.63. The van der Waals surface area contributed by atoms with Crippen LogP contribution in [0.5, 0.6) is 0 Å². The maximum Gasteiger partial charge on any atom is 0.227 e. The summed E-state index contributed by atoms with van der Waals surface area (Å²) in [5.41, 5.74) is 0. The van der Waals surface area contributed by atoms with Gasteiger partial charge in [-0.2, -0.15) is 4.98 Å². The zero-order valence-electron chi connectivity index (χ0n) is 14.2. The van der Waals surface area contributed by atoms with Crippen molar-refractivity contribution in [3.8, 4) is 0 Å². The van der Waals surface area contributed by atoms with Crippen molar-refractivity contribution < 1.29 is 9.47 Å². The van der Waals surface area contributed by atoms with Crippen LogP contribution in [-0.2, 0) is 9.47 Å². The molecule has 0 amide bonds. The highest BCUT2D eigenvalue weighted by Crippen LogP contribution is 2.26. The molecule has 0 unspecified atom stereocenters. The van der Waals surface area contributed by atoms with Gasteiger partial charge >= 0.3 is 0 Å². The van der Waals surface area contributed by atoms with Crippen LogP contribution in [0.25, 0.3) is 0 Å². The van der Waals surface area contributed by atoms with Gasteiger partial charge in [-0.05, 0) is 24.8 Å². The number of rotatable bonds is 5. The third-order valence-electron chi connectivity index (χ3n) is 4.63. The van der Waals surface area contributed by atoms with E-state index < -0.39 is 0 Å². The first kappa shape index (κ1) is 16.5. The van der Waals surface area contributed by atoms with Crippen LogP contribution in [0.3, 0.4) is 0 Å². The topological polar surface area (TPSA) is 59.5 Å². The van der Waals surface area contributed by atoms with Crippen molar-refractivity contribution in [1.29, 1.82) is 0 Å². The Labute approximate surface area is 138 Å². The van der Waals surface area contributed by atoms with Crippen LogP contribution < -0.4 is 10.2 Å². The Bertz CT molecular complexity index is 491. The highest BCUT2D eigenvalue weighted by molar-refractivity contribution is 5.41. The average molecular weight is 320 g/mol. The summed E-state index contributed by atoms with van der Waals surface area (Å²) in [4.78, 5) is 11.2. The van der Waals surface area contributed by atoms with Gasteiger partial charge in [-0.3, -0.25) is 0 Å². The number of hydrogen-bond donors (Lipinski definition) is 1. The Morgan fingerprint density at radius 1 is 1.30 bits per heavy atom. The van der Waals surface area contributed by atoms with Crippen molar-refractivity contribution in [1.82, 2.24) is 9.97 Å². The Morgan fingerprint density at radius 3 is 2.91 bits per heavy atom. The van der Waals surface area contributed by atoms with Gasteiger partial charge < -0.3 is 19.7 Å². The summed E-state index contributed by atoms with van der Waals surface area (Å²) in [5, 5.41) is 3.49. The zero-order valence-corrected chi connectivity index (χ0v) is 14.2. The normalized spacial score (nSPS) is 25.6. The summed E-state index contributed by atoms with van der Waals surface area (Å²) in [6, 6.07) is 1.94. The first-order valence-corrected chi connectivity index (χ1v) is 8.75. The van der Waals surface area contributed by atoms with Crippen molar-refractivity contribution >= 4 is 11.8 Å². The van der Waals surface area contributed by atoms with Crippen LogP contribution in [0.15, 0.2) is 12.3 Å². The predicted molar refractivity (Wildman–Crippen MR) is 90.9 cm³/mol. The van der Waals surface area contributed by atoms with Gasteiger partial charge in [0, 0.05) is 38.4 Å². The summed E-state index contributed by atoms with van der Waals surface area (Å²) < 4.78 is 11.4. The van der Waals surface area contributed by atoms with Crippen molar-refractivity contribution in [3.05, 3.63) is 12.3 Å². The Kier molecular flexibility index (Phi) is 5.67. The molecular weight excluding hydrogens is 292 g/mol. The van der Waals surface area contributed by atoms with Gasteiger partial charge in [-0.1, -0.05) is 13.8 Å². The summed E-state index contributed by atoms with van der Waals surface area (Å²) in [6.45, 7) is 9.49. The van der Waals surface area contributed by atoms with Crippen LogP contribution >= 0.6 is 0 Å². The van der Waals surface area contributed by atoms with E-state index in [1.54, 1.807) is 0 Å². The first-order chi connectivity index (χ1) is 11.2. The highest BCUT2D eigenvalue weighted by atomic mass is 16.5. The quantitative estimate of drug-likeness (QED) is 0.897. The molecule has 2 saturated heterocycles. The van der Waals surface area contributed by atoms with Crippen molar-refractivity contribution in [3.63, 3.8) is 0 Å². The van der Waals surface area contributed by atoms with Crippen molar-refractivity contribution in [2.75, 3.05) is 49.7 Å². The number of ether oxygens (including phenoxy) is 2. The van der Waals surface area contributed by atoms with Crippen molar-refractivity contribution in [2.45, 2.75) is 32.8 Å². The van der Waals surface area contributed by atoms with Crippen LogP contribution in [0.4, 0.5) is 11.8 Å². The molecule has 0 aliphatic carbocycles. The molecular formula is C17H28N4O2. The number of nitrogens with zero attached hydrogens (tertiary/aromatic N) is 3. The highest BCUT2D eigenvalue weighted by Gasteiger charge is 2.28. The smallest absolute Gasteiger partial charge is 0.227 e. The molecule has 0 saturated carbocycles. The molecule has 2 aliphatic heterocycles. The molecule has 1 N–H and O–H groups in total. The molecule has 0 spiro atoms. The standard InChI is InChI=1S/C17H28N4O2/c1-13(2)16-14(4-3-9-23-16)12-19-15-5-6-18-17(20-15)21-7-10-22-11-8-21/h5-6,13-14,16H,3-4,7-12H2,1-2H3,(H,18,19,20)/t14-,16+/m1/s1. The number of anilines is 2.